The molecule has 132 valence electrons. The average Bonchev–Trinajstić information content (AvgIpc) is 3.02. The molecular weight excluding hydrogens is 306 g/mol. The lowest BCUT2D eigenvalue weighted by Gasteiger charge is -2.37. The summed E-state index contributed by atoms with van der Waals surface area (Å²) in [7, 11) is 0. The number of nitrogens with zero attached hydrogens (tertiary/aromatic N) is 1. The van der Waals surface area contributed by atoms with E-state index in [0.29, 0.717) is 19.4 Å². The van der Waals surface area contributed by atoms with E-state index in [1.165, 1.54) is 0 Å². The average molecular weight is 333 g/mol. The van der Waals surface area contributed by atoms with Gasteiger partial charge in [0, 0.05) is 5.92 Å². The minimum Gasteiger partial charge on any atom is -0.465 e. The van der Waals surface area contributed by atoms with Gasteiger partial charge in [-0.1, -0.05) is 13.8 Å². The van der Waals surface area contributed by atoms with Crippen LogP contribution in [-0.4, -0.2) is 24.6 Å². The van der Waals surface area contributed by atoms with Crippen molar-refractivity contribution in [3.05, 3.63) is 0 Å². The van der Waals surface area contributed by atoms with Crippen LogP contribution in [0, 0.1) is 45.3 Å². The predicted octanol–water partition coefficient (Wildman–Crippen LogP) is 3.08. The van der Waals surface area contributed by atoms with Gasteiger partial charge in [-0.3, -0.25) is 9.59 Å². The number of esters is 2. The highest BCUT2D eigenvalue weighted by Gasteiger charge is 2.78. The summed E-state index contributed by atoms with van der Waals surface area (Å²) in [6.45, 7) is 10.2. The molecule has 5 atom stereocenters. The first-order valence-corrected chi connectivity index (χ1v) is 8.82. The standard InChI is InChI=1S/C19H27NO4/c1-17(2,3)16(22)24-12-6-7-18(4,5)15-14(19(12,15)10-20)11-8-13(21)23-9-11/h11-12,14-15H,6-9H2,1-5H3/t11-,12-,14?,15+,19+/m0/s1. The van der Waals surface area contributed by atoms with Crippen LogP contribution in [-0.2, 0) is 19.1 Å². The summed E-state index contributed by atoms with van der Waals surface area (Å²) in [6, 6.07) is 2.51. The van der Waals surface area contributed by atoms with Crippen LogP contribution < -0.4 is 0 Å². The minimum atomic E-state index is -0.665. The van der Waals surface area contributed by atoms with E-state index in [1.807, 2.05) is 20.8 Å². The molecule has 0 amide bonds. The Morgan fingerprint density at radius 2 is 2.04 bits per heavy atom. The normalized spacial score (nSPS) is 40.2. The Labute approximate surface area is 143 Å². The summed E-state index contributed by atoms with van der Waals surface area (Å²) >= 11 is 0. The SMILES string of the molecule is CC(C)(C)C(=O)O[C@H]1CCC(C)(C)[C@H]2C([C@@H]3COC(=O)C3)[C@@]12C#N. The largest absolute Gasteiger partial charge is 0.465 e. The molecule has 0 aromatic heterocycles. The van der Waals surface area contributed by atoms with Crippen LogP contribution in [0.4, 0.5) is 0 Å². The maximum Gasteiger partial charge on any atom is 0.311 e. The first kappa shape index (κ1) is 17.3. The van der Waals surface area contributed by atoms with Crippen molar-refractivity contribution in [2.75, 3.05) is 6.61 Å². The van der Waals surface area contributed by atoms with Crippen molar-refractivity contribution in [1.82, 2.24) is 0 Å². The first-order valence-electron chi connectivity index (χ1n) is 8.82. The van der Waals surface area contributed by atoms with Gasteiger partial charge in [0.15, 0.2) is 0 Å². The Kier molecular flexibility index (Phi) is 3.75. The highest BCUT2D eigenvalue weighted by atomic mass is 16.5. The molecule has 3 aliphatic rings. The lowest BCUT2D eigenvalue weighted by molar-refractivity contribution is -0.164. The Hall–Kier alpha value is -1.57. The van der Waals surface area contributed by atoms with Crippen molar-refractivity contribution in [1.29, 1.82) is 5.26 Å². The van der Waals surface area contributed by atoms with Gasteiger partial charge < -0.3 is 9.47 Å². The summed E-state index contributed by atoms with van der Waals surface area (Å²) < 4.78 is 11.0. The summed E-state index contributed by atoms with van der Waals surface area (Å²) in [5.74, 6) is -0.150. The third kappa shape index (κ3) is 2.42. The van der Waals surface area contributed by atoms with E-state index in [-0.39, 0.29) is 41.2 Å². The van der Waals surface area contributed by atoms with Gasteiger partial charge in [0.1, 0.15) is 11.5 Å². The molecule has 0 radical (unpaired) electrons. The minimum absolute atomic E-state index is 0.0106. The number of fused-ring (bicyclic) bond motifs is 1. The molecule has 3 fully saturated rings. The number of hydrogen-bond donors (Lipinski definition) is 0. The summed E-state index contributed by atoms with van der Waals surface area (Å²) in [5.41, 5.74) is -1.24. The third-order valence-corrected chi connectivity index (χ3v) is 6.19. The van der Waals surface area contributed by atoms with E-state index < -0.39 is 10.8 Å². The van der Waals surface area contributed by atoms with Gasteiger partial charge in [-0.25, -0.2) is 0 Å². The van der Waals surface area contributed by atoms with Crippen LogP contribution in [0.2, 0.25) is 0 Å². The number of hydrogen-bond acceptors (Lipinski definition) is 5. The van der Waals surface area contributed by atoms with Crippen molar-refractivity contribution < 1.29 is 19.1 Å². The van der Waals surface area contributed by atoms with Crippen molar-refractivity contribution in [3.8, 4) is 6.07 Å². The van der Waals surface area contributed by atoms with Gasteiger partial charge in [0.25, 0.3) is 0 Å². The zero-order valence-electron chi connectivity index (χ0n) is 15.2. The molecular formula is C19H27NO4. The van der Waals surface area contributed by atoms with E-state index in [9.17, 15) is 14.9 Å². The Morgan fingerprint density at radius 1 is 1.38 bits per heavy atom. The zero-order valence-corrected chi connectivity index (χ0v) is 15.2. The molecule has 0 aromatic carbocycles. The Bertz CT molecular complexity index is 612. The van der Waals surface area contributed by atoms with E-state index in [2.05, 4.69) is 19.9 Å². The Balaban J connectivity index is 1.89. The zero-order chi connectivity index (χ0) is 17.9. The third-order valence-electron chi connectivity index (χ3n) is 6.19. The fraction of sp³-hybridized carbons (Fsp3) is 0.842. The maximum absolute atomic E-state index is 12.4. The van der Waals surface area contributed by atoms with Gasteiger partial charge >= 0.3 is 11.9 Å². The molecule has 1 saturated heterocycles. The second kappa shape index (κ2) is 5.21. The first-order chi connectivity index (χ1) is 11.0. The van der Waals surface area contributed by atoms with E-state index in [4.69, 9.17) is 9.47 Å². The van der Waals surface area contributed by atoms with Gasteiger partial charge in [-0.15, -0.1) is 0 Å². The highest BCUT2D eigenvalue weighted by Crippen LogP contribution is 2.75. The molecule has 1 unspecified atom stereocenters. The molecule has 5 nitrogen and oxygen atoms in total. The lowest BCUT2D eigenvalue weighted by Crippen LogP contribution is -2.40. The highest BCUT2D eigenvalue weighted by molar-refractivity contribution is 5.76. The molecule has 3 rings (SSSR count). The molecule has 0 spiro atoms. The fourth-order valence-corrected chi connectivity index (χ4v) is 4.98. The number of cyclic esters (lactones) is 1. The van der Waals surface area contributed by atoms with Crippen LogP contribution >= 0.6 is 0 Å². The lowest BCUT2D eigenvalue weighted by atomic mass is 9.71. The van der Waals surface area contributed by atoms with Crippen molar-refractivity contribution in [3.63, 3.8) is 0 Å². The number of carbonyl (C=O) groups is 2. The molecule has 0 N–H and O–H groups in total. The molecule has 2 aliphatic carbocycles. The van der Waals surface area contributed by atoms with Gasteiger partial charge in [-0.05, 0) is 50.9 Å². The molecule has 1 aliphatic heterocycles. The van der Waals surface area contributed by atoms with E-state index in [0.717, 1.165) is 6.42 Å². The van der Waals surface area contributed by atoms with Gasteiger partial charge in [0.05, 0.1) is 24.5 Å². The van der Waals surface area contributed by atoms with Crippen LogP contribution in [0.25, 0.3) is 0 Å². The second-order valence-electron chi connectivity index (χ2n) is 9.37. The van der Waals surface area contributed by atoms with Gasteiger partial charge in [-0.2, -0.15) is 5.26 Å². The second-order valence-corrected chi connectivity index (χ2v) is 9.37. The van der Waals surface area contributed by atoms with E-state index >= 15 is 0 Å². The van der Waals surface area contributed by atoms with Crippen molar-refractivity contribution >= 4 is 11.9 Å². The number of rotatable bonds is 2. The predicted molar refractivity (Wildman–Crippen MR) is 86.4 cm³/mol. The summed E-state index contributed by atoms with van der Waals surface area (Å²) in [6.07, 6.45) is 1.62. The number of carbonyl (C=O) groups excluding carboxylic acids is 2. The molecule has 0 aromatic rings. The van der Waals surface area contributed by atoms with E-state index in [1.54, 1.807) is 0 Å². The molecule has 24 heavy (non-hydrogen) atoms. The van der Waals surface area contributed by atoms with Crippen LogP contribution in [0.3, 0.4) is 0 Å². The van der Waals surface area contributed by atoms with Crippen molar-refractivity contribution in [2.24, 2.45) is 34.0 Å². The smallest absolute Gasteiger partial charge is 0.311 e. The number of nitriles is 1. The molecule has 2 saturated carbocycles. The topological polar surface area (TPSA) is 76.4 Å². The molecule has 1 heterocycles. The molecule has 0 bridgehead atoms. The van der Waals surface area contributed by atoms with Crippen LogP contribution in [0.1, 0.15) is 53.9 Å². The monoisotopic (exact) mass is 333 g/mol. The fourth-order valence-electron chi connectivity index (χ4n) is 4.98. The van der Waals surface area contributed by atoms with Gasteiger partial charge in [0.2, 0.25) is 0 Å². The van der Waals surface area contributed by atoms with Crippen LogP contribution in [0.5, 0.6) is 0 Å². The summed E-state index contributed by atoms with van der Waals surface area (Å²) in [4.78, 5) is 23.9. The Morgan fingerprint density at radius 3 is 2.54 bits per heavy atom. The van der Waals surface area contributed by atoms with Crippen LogP contribution in [0.15, 0.2) is 0 Å². The molecule has 5 heteroatoms. The quantitative estimate of drug-likeness (QED) is 0.726. The number of ether oxygens (including phenoxy) is 2. The van der Waals surface area contributed by atoms with Crippen molar-refractivity contribution in [2.45, 2.75) is 60.0 Å². The maximum atomic E-state index is 12.4. The summed E-state index contributed by atoms with van der Waals surface area (Å²) in [5, 5.41) is 10.0.